The van der Waals surface area contributed by atoms with Crippen molar-refractivity contribution in [3.63, 3.8) is 0 Å². The SMILES string of the molecule is CCCCC[C@@H](Br)[C@]1(C)CCCN1S(=O)(=O)c1ccc([N+](=O)[O-])cc1. The Morgan fingerprint density at radius 1 is 1.32 bits per heavy atom. The van der Waals surface area contributed by atoms with Crippen molar-refractivity contribution in [1.82, 2.24) is 4.31 Å². The number of nitro benzene ring substituents is 1. The maximum absolute atomic E-state index is 13.1. The van der Waals surface area contributed by atoms with Crippen molar-refractivity contribution in [3.8, 4) is 0 Å². The fourth-order valence-corrected chi connectivity index (χ4v) is 6.23. The van der Waals surface area contributed by atoms with Crippen LogP contribution in [-0.4, -0.2) is 34.6 Å². The molecular weight excluding hydrogens is 408 g/mol. The highest BCUT2D eigenvalue weighted by Gasteiger charge is 2.48. The largest absolute Gasteiger partial charge is 0.269 e. The predicted octanol–water partition coefficient (Wildman–Crippen LogP) is 4.48. The maximum atomic E-state index is 13.1. The number of alkyl halides is 1. The lowest BCUT2D eigenvalue weighted by atomic mass is 9.92. The third-order valence-corrected chi connectivity index (χ3v) is 8.48. The van der Waals surface area contributed by atoms with Crippen LogP contribution in [-0.2, 0) is 10.0 Å². The normalized spacial score (nSPS) is 22.8. The average Bonchev–Trinajstić information content (AvgIpc) is 2.99. The van der Waals surface area contributed by atoms with Gasteiger partial charge in [-0.25, -0.2) is 8.42 Å². The summed E-state index contributed by atoms with van der Waals surface area (Å²) in [7, 11) is -3.68. The minimum Gasteiger partial charge on any atom is -0.258 e. The van der Waals surface area contributed by atoms with Crippen LogP contribution in [0.2, 0.25) is 0 Å². The van der Waals surface area contributed by atoms with Crippen LogP contribution in [0.25, 0.3) is 0 Å². The summed E-state index contributed by atoms with van der Waals surface area (Å²) in [5.74, 6) is 0. The number of hydrogen-bond acceptors (Lipinski definition) is 4. The Bertz CT molecular complexity index is 708. The molecule has 2 atom stereocenters. The minimum atomic E-state index is -3.68. The molecule has 140 valence electrons. The summed E-state index contributed by atoms with van der Waals surface area (Å²) in [4.78, 5) is 10.4. The Balaban J connectivity index is 2.25. The molecule has 8 heteroatoms. The number of unbranched alkanes of at least 4 members (excludes halogenated alkanes) is 2. The molecule has 0 N–H and O–H groups in total. The molecule has 6 nitrogen and oxygen atoms in total. The molecule has 1 fully saturated rings. The summed E-state index contributed by atoms with van der Waals surface area (Å²) >= 11 is 3.73. The molecule has 1 aliphatic heterocycles. The van der Waals surface area contributed by atoms with E-state index in [0.29, 0.717) is 6.54 Å². The summed E-state index contributed by atoms with van der Waals surface area (Å²) in [6.07, 6.45) is 5.87. The molecular formula is C17H25BrN2O4S. The van der Waals surface area contributed by atoms with Gasteiger partial charge in [0.2, 0.25) is 10.0 Å². The summed E-state index contributed by atoms with van der Waals surface area (Å²) in [5, 5.41) is 10.8. The Hall–Kier alpha value is -0.990. The third kappa shape index (κ3) is 4.23. The van der Waals surface area contributed by atoms with Crippen LogP contribution >= 0.6 is 15.9 Å². The molecule has 25 heavy (non-hydrogen) atoms. The number of nitrogens with zero attached hydrogens (tertiary/aromatic N) is 2. The van der Waals surface area contributed by atoms with Crippen LogP contribution in [0.15, 0.2) is 29.2 Å². The van der Waals surface area contributed by atoms with Gasteiger partial charge < -0.3 is 0 Å². The Kier molecular flexibility index (Phi) is 6.62. The summed E-state index contributed by atoms with van der Waals surface area (Å²) in [6, 6.07) is 5.14. The van der Waals surface area contributed by atoms with Crippen molar-refractivity contribution >= 4 is 31.6 Å². The van der Waals surface area contributed by atoms with Gasteiger partial charge in [-0.1, -0.05) is 42.1 Å². The Morgan fingerprint density at radius 2 is 1.96 bits per heavy atom. The van der Waals surface area contributed by atoms with Gasteiger partial charge in [0, 0.05) is 29.0 Å². The summed E-state index contributed by atoms with van der Waals surface area (Å²) < 4.78 is 27.8. The summed E-state index contributed by atoms with van der Waals surface area (Å²) in [6.45, 7) is 4.62. The van der Waals surface area contributed by atoms with E-state index < -0.39 is 20.5 Å². The first kappa shape index (κ1) is 20.3. The second-order valence-corrected chi connectivity index (χ2v) is 9.72. The molecule has 1 aromatic rings. The molecule has 0 spiro atoms. The van der Waals surface area contributed by atoms with Gasteiger partial charge >= 0.3 is 0 Å². The first-order chi connectivity index (χ1) is 11.7. The maximum Gasteiger partial charge on any atom is 0.269 e. The topological polar surface area (TPSA) is 80.5 Å². The van der Waals surface area contributed by atoms with Crippen LogP contribution in [0.4, 0.5) is 5.69 Å². The number of halogens is 1. The van der Waals surface area contributed by atoms with E-state index in [1.165, 1.54) is 24.3 Å². The van der Waals surface area contributed by atoms with E-state index in [4.69, 9.17) is 0 Å². The first-order valence-electron chi connectivity index (χ1n) is 8.65. The highest BCUT2D eigenvalue weighted by atomic mass is 79.9. The summed E-state index contributed by atoms with van der Waals surface area (Å²) in [5.41, 5.74) is -0.588. The lowest BCUT2D eigenvalue weighted by Crippen LogP contribution is -2.50. The average molecular weight is 433 g/mol. The van der Waals surface area contributed by atoms with Gasteiger partial charge in [0.1, 0.15) is 0 Å². The smallest absolute Gasteiger partial charge is 0.258 e. The van der Waals surface area contributed by atoms with Gasteiger partial charge in [-0.3, -0.25) is 10.1 Å². The number of sulfonamides is 1. The number of nitro groups is 1. The van der Waals surface area contributed by atoms with Crippen molar-refractivity contribution in [2.45, 2.75) is 67.6 Å². The van der Waals surface area contributed by atoms with Crippen molar-refractivity contribution in [2.75, 3.05) is 6.54 Å². The van der Waals surface area contributed by atoms with Crippen LogP contribution in [0, 0.1) is 10.1 Å². The quantitative estimate of drug-likeness (QED) is 0.262. The molecule has 0 saturated carbocycles. The number of rotatable bonds is 8. The lowest BCUT2D eigenvalue weighted by Gasteiger charge is -2.38. The fourth-order valence-electron chi connectivity index (χ4n) is 3.42. The zero-order valence-corrected chi connectivity index (χ0v) is 17.1. The molecule has 0 radical (unpaired) electrons. The molecule has 1 saturated heterocycles. The molecule has 1 heterocycles. The van der Waals surface area contributed by atoms with Crippen molar-refractivity contribution in [2.24, 2.45) is 0 Å². The number of non-ortho nitro benzene ring substituents is 1. The highest BCUT2D eigenvalue weighted by Crippen LogP contribution is 2.41. The van der Waals surface area contributed by atoms with E-state index in [0.717, 1.165) is 38.5 Å². The monoisotopic (exact) mass is 432 g/mol. The van der Waals surface area contributed by atoms with Gasteiger partial charge in [0.25, 0.3) is 5.69 Å². The third-order valence-electron chi connectivity index (χ3n) is 4.99. The molecule has 0 amide bonds. The van der Waals surface area contributed by atoms with E-state index in [1.807, 2.05) is 6.92 Å². The van der Waals surface area contributed by atoms with Crippen LogP contribution < -0.4 is 0 Å². The van der Waals surface area contributed by atoms with Gasteiger partial charge in [-0.05, 0) is 38.3 Å². The van der Waals surface area contributed by atoms with E-state index in [1.54, 1.807) is 4.31 Å². The lowest BCUT2D eigenvalue weighted by molar-refractivity contribution is -0.384. The first-order valence-corrected chi connectivity index (χ1v) is 11.0. The Labute approximate surface area is 157 Å². The molecule has 1 aliphatic rings. The Morgan fingerprint density at radius 3 is 2.52 bits per heavy atom. The van der Waals surface area contributed by atoms with E-state index in [2.05, 4.69) is 22.9 Å². The fraction of sp³-hybridized carbons (Fsp3) is 0.647. The van der Waals surface area contributed by atoms with E-state index in [9.17, 15) is 18.5 Å². The van der Waals surface area contributed by atoms with Crippen LogP contribution in [0.1, 0.15) is 52.4 Å². The number of hydrogen-bond donors (Lipinski definition) is 0. The van der Waals surface area contributed by atoms with Gasteiger partial charge in [-0.2, -0.15) is 4.31 Å². The molecule has 2 rings (SSSR count). The zero-order chi connectivity index (χ0) is 18.7. The van der Waals surface area contributed by atoms with Gasteiger partial charge in [-0.15, -0.1) is 0 Å². The molecule has 0 aliphatic carbocycles. The van der Waals surface area contributed by atoms with Crippen LogP contribution in [0.3, 0.4) is 0 Å². The number of benzene rings is 1. The molecule has 0 unspecified atom stereocenters. The second-order valence-electron chi connectivity index (χ2n) is 6.75. The van der Waals surface area contributed by atoms with Crippen molar-refractivity contribution in [3.05, 3.63) is 34.4 Å². The van der Waals surface area contributed by atoms with Crippen molar-refractivity contribution < 1.29 is 13.3 Å². The molecule has 0 aromatic heterocycles. The molecule has 1 aromatic carbocycles. The van der Waals surface area contributed by atoms with Crippen molar-refractivity contribution in [1.29, 1.82) is 0 Å². The minimum absolute atomic E-state index is 0.0851. The second kappa shape index (κ2) is 8.14. The van der Waals surface area contributed by atoms with E-state index in [-0.39, 0.29) is 15.4 Å². The van der Waals surface area contributed by atoms with Crippen LogP contribution in [0.5, 0.6) is 0 Å². The van der Waals surface area contributed by atoms with E-state index >= 15 is 0 Å². The zero-order valence-electron chi connectivity index (χ0n) is 14.7. The molecule has 0 bridgehead atoms. The van der Waals surface area contributed by atoms with Gasteiger partial charge in [0.05, 0.1) is 9.82 Å². The predicted molar refractivity (Wildman–Crippen MR) is 101 cm³/mol. The highest BCUT2D eigenvalue weighted by molar-refractivity contribution is 9.09. The standard InChI is InChI=1S/C17H25BrN2O4S/c1-3-4-5-7-16(18)17(2)12-6-13-19(17)25(23,24)15-10-8-14(9-11-15)20(21)22/h8-11,16H,3-7,12-13H2,1-2H3/t16-,17+/m1/s1. The van der Waals surface area contributed by atoms with Gasteiger partial charge in [0.15, 0.2) is 0 Å².